The van der Waals surface area contributed by atoms with Gasteiger partial charge in [0.05, 0.1) is 0 Å². The molecule has 0 spiro atoms. The maximum Gasteiger partial charge on any atom is 0.221 e. The van der Waals surface area contributed by atoms with Crippen molar-refractivity contribution in [2.75, 3.05) is 18.4 Å². The van der Waals surface area contributed by atoms with Gasteiger partial charge in [-0.1, -0.05) is 30.9 Å². The van der Waals surface area contributed by atoms with Crippen LogP contribution >= 0.6 is 0 Å². The third-order valence-electron chi connectivity index (χ3n) is 2.51. The van der Waals surface area contributed by atoms with Gasteiger partial charge in [-0.05, 0) is 24.6 Å². The third-order valence-corrected chi connectivity index (χ3v) is 2.51. The molecule has 3 heteroatoms. The standard InChI is InChI=1S/C15H20N2O/c1-4-10-16-11-9-12(2)14-7-5-6-8-15(14)17-13(3)18/h4-8,16H,1-2,9-11H2,3H3,(H,17,18). The van der Waals surface area contributed by atoms with Crippen molar-refractivity contribution in [3.8, 4) is 0 Å². The number of carbonyl (C=O) groups excluding carboxylic acids is 1. The molecule has 0 fully saturated rings. The number of amides is 1. The van der Waals surface area contributed by atoms with Gasteiger partial charge in [-0.25, -0.2) is 0 Å². The number of benzene rings is 1. The first-order valence-electron chi connectivity index (χ1n) is 6.01. The van der Waals surface area contributed by atoms with Crippen molar-refractivity contribution in [2.24, 2.45) is 0 Å². The monoisotopic (exact) mass is 244 g/mol. The molecule has 1 rings (SSSR count). The predicted molar refractivity (Wildman–Crippen MR) is 77.5 cm³/mol. The van der Waals surface area contributed by atoms with Crippen LogP contribution in [0.4, 0.5) is 5.69 Å². The van der Waals surface area contributed by atoms with E-state index in [0.29, 0.717) is 0 Å². The van der Waals surface area contributed by atoms with Gasteiger partial charge in [-0.15, -0.1) is 6.58 Å². The second kappa shape index (κ2) is 7.45. The quantitative estimate of drug-likeness (QED) is 0.572. The molecule has 0 aliphatic rings. The predicted octanol–water partition coefficient (Wildman–Crippen LogP) is 2.82. The van der Waals surface area contributed by atoms with E-state index in [1.54, 1.807) is 0 Å². The van der Waals surface area contributed by atoms with Gasteiger partial charge in [0.25, 0.3) is 0 Å². The minimum absolute atomic E-state index is 0.0694. The highest BCUT2D eigenvalue weighted by molar-refractivity contribution is 5.92. The highest BCUT2D eigenvalue weighted by Gasteiger charge is 2.06. The Morgan fingerprint density at radius 1 is 1.39 bits per heavy atom. The van der Waals surface area contributed by atoms with E-state index in [9.17, 15) is 4.79 Å². The average molecular weight is 244 g/mol. The van der Waals surface area contributed by atoms with Gasteiger partial charge in [0.2, 0.25) is 5.91 Å². The Balaban J connectivity index is 2.66. The summed E-state index contributed by atoms with van der Waals surface area (Å²) in [5.74, 6) is -0.0694. The van der Waals surface area contributed by atoms with Crippen LogP contribution in [-0.2, 0) is 4.79 Å². The summed E-state index contributed by atoms with van der Waals surface area (Å²) in [5, 5.41) is 6.05. The summed E-state index contributed by atoms with van der Waals surface area (Å²) in [6, 6.07) is 7.71. The molecule has 0 unspecified atom stereocenters. The van der Waals surface area contributed by atoms with Crippen LogP contribution in [0, 0.1) is 0 Å². The lowest BCUT2D eigenvalue weighted by molar-refractivity contribution is -0.114. The zero-order valence-corrected chi connectivity index (χ0v) is 10.8. The Morgan fingerprint density at radius 3 is 2.78 bits per heavy atom. The van der Waals surface area contributed by atoms with Crippen LogP contribution in [0.2, 0.25) is 0 Å². The molecule has 0 saturated carbocycles. The Hall–Kier alpha value is -1.87. The zero-order chi connectivity index (χ0) is 13.4. The smallest absolute Gasteiger partial charge is 0.221 e. The number of carbonyl (C=O) groups is 1. The molecule has 1 aromatic carbocycles. The van der Waals surface area contributed by atoms with Crippen LogP contribution in [0.15, 0.2) is 43.5 Å². The molecule has 1 amide bonds. The highest BCUT2D eigenvalue weighted by Crippen LogP contribution is 2.24. The number of hydrogen-bond donors (Lipinski definition) is 2. The lowest BCUT2D eigenvalue weighted by Gasteiger charge is -2.12. The van der Waals surface area contributed by atoms with E-state index < -0.39 is 0 Å². The first kappa shape index (κ1) is 14.2. The molecular formula is C15H20N2O. The Kier molecular flexibility index (Phi) is 5.88. The van der Waals surface area contributed by atoms with Crippen molar-refractivity contribution in [2.45, 2.75) is 13.3 Å². The highest BCUT2D eigenvalue weighted by atomic mass is 16.1. The molecule has 2 N–H and O–H groups in total. The average Bonchev–Trinajstić information content (AvgIpc) is 2.34. The lowest BCUT2D eigenvalue weighted by Crippen LogP contribution is -2.15. The third kappa shape index (κ3) is 4.55. The molecule has 96 valence electrons. The maximum atomic E-state index is 11.1. The first-order chi connectivity index (χ1) is 8.65. The van der Waals surface area contributed by atoms with Crippen LogP contribution in [-0.4, -0.2) is 19.0 Å². The number of para-hydroxylation sites is 1. The molecule has 0 heterocycles. The summed E-state index contributed by atoms with van der Waals surface area (Å²) in [5.41, 5.74) is 2.82. The minimum atomic E-state index is -0.0694. The summed E-state index contributed by atoms with van der Waals surface area (Å²) in [7, 11) is 0. The molecule has 0 bridgehead atoms. The Morgan fingerprint density at radius 2 is 2.11 bits per heavy atom. The topological polar surface area (TPSA) is 41.1 Å². The van der Waals surface area contributed by atoms with Gasteiger partial charge in [-0.2, -0.15) is 0 Å². The fourth-order valence-electron chi connectivity index (χ4n) is 1.67. The van der Waals surface area contributed by atoms with Crippen molar-refractivity contribution >= 4 is 17.2 Å². The summed E-state index contributed by atoms with van der Waals surface area (Å²) in [6.07, 6.45) is 2.67. The number of rotatable bonds is 7. The first-order valence-corrected chi connectivity index (χ1v) is 6.01. The maximum absolute atomic E-state index is 11.1. The van der Waals surface area contributed by atoms with Gasteiger partial charge in [0.15, 0.2) is 0 Å². The molecule has 0 radical (unpaired) electrons. The molecular weight excluding hydrogens is 224 g/mol. The van der Waals surface area contributed by atoms with Gasteiger partial charge >= 0.3 is 0 Å². The van der Waals surface area contributed by atoms with E-state index in [1.807, 2.05) is 30.3 Å². The number of anilines is 1. The molecule has 0 aromatic heterocycles. The molecule has 18 heavy (non-hydrogen) atoms. The van der Waals surface area contributed by atoms with E-state index in [2.05, 4.69) is 23.8 Å². The molecule has 0 aliphatic carbocycles. The second-order valence-corrected chi connectivity index (χ2v) is 4.07. The molecule has 0 saturated heterocycles. The van der Waals surface area contributed by atoms with Gasteiger partial charge in [0, 0.05) is 24.7 Å². The number of hydrogen-bond acceptors (Lipinski definition) is 2. The lowest BCUT2D eigenvalue weighted by atomic mass is 10.0. The van der Waals surface area contributed by atoms with Crippen LogP contribution in [0.1, 0.15) is 18.9 Å². The van der Waals surface area contributed by atoms with Crippen LogP contribution in [0.5, 0.6) is 0 Å². The van der Waals surface area contributed by atoms with Gasteiger partial charge in [0.1, 0.15) is 0 Å². The van der Waals surface area contributed by atoms with E-state index in [-0.39, 0.29) is 5.91 Å². The fraction of sp³-hybridized carbons (Fsp3) is 0.267. The second-order valence-electron chi connectivity index (χ2n) is 4.07. The summed E-state index contributed by atoms with van der Waals surface area (Å²) in [6.45, 7) is 10.9. The van der Waals surface area contributed by atoms with Gasteiger partial charge in [-0.3, -0.25) is 4.79 Å². The largest absolute Gasteiger partial charge is 0.326 e. The van der Waals surface area contributed by atoms with Crippen molar-refractivity contribution in [3.63, 3.8) is 0 Å². The molecule has 0 aliphatic heterocycles. The van der Waals surface area contributed by atoms with Crippen LogP contribution < -0.4 is 10.6 Å². The molecule has 0 atom stereocenters. The molecule has 3 nitrogen and oxygen atoms in total. The normalized spacial score (nSPS) is 9.83. The van der Waals surface area contributed by atoms with E-state index >= 15 is 0 Å². The van der Waals surface area contributed by atoms with Crippen molar-refractivity contribution in [3.05, 3.63) is 49.1 Å². The fourth-order valence-corrected chi connectivity index (χ4v) is 1.67. The van der Waals surface area contributed by atoms with Gasteiger partial charge < -0.3 is 10.6 Å². The summed E-state index contributed by atoms with van der Waals surface area (Å²) >= 11 is 0. The Labute approximate surface area is 109 Å². The van der Waals surface area contributed by atoms with Crippen molar-refractivity contribution in [1.82, 2.24) is 5.32 Å². The Bertz CT molecular complexity index is 438. The van der Waals surface area contributed by atoms with E-state index in [1.165, 1.54) is 6.92 Å². The number of nitrogens with one attached hydrogen (secondary N) is 2. The minimum Gasteiger partial charge on any atom is -0.326 e. The molecule has 1 aromatic rings. The van der Waals surface area contributed by atoms with E-state index in [0.717, 1.165) is 36.3 Å². The van der Waals surface area contributed by atoms with Crippen molar-refractivity contribution in [1.29, 1.82) is 0 Å². The summed E-state index contributed by atoms with van der Waals surface area (Å²) in [4.78, 5) is 11.1. The summed E-state index contributed by atoms with van der Waals surface area (Å²) < 4.78 is 0. The van der Waals surface area contributed by atoms with E-state index in [4.69, 9.17) is 0 Å². The SMILES string of the molecule is C=CCNCCC(=C)c1ccccc1NC(C)=O. The van der Waals surface area contributed by atoms with Crippen molar-refractivity contribution < 1.29 is 4.79 Å². The van der Waals surface area contributed by atoms with Crippen LogP contribution in [0.25, 0.3) is 5.57 Å². The zero-order valence-electron chi connectivity index (χ0n) is 10.8. The van der Waals surface area contributed by atoms with Crippen LogP contribution in [0.3, 0.4) is 0 Å².